The van der Waals surface area contributed by atoms with Crippen molar-refractivity contribution >= 4 is 0 Å². The van der Waals surface area contributed by atoms with Crippen LogP contribution in [0.2, 0.25) is 0 Å². The number of benzene rings is 6. The van der Waals surface area contributed by atoms with Gasteiger partial charge < -0.3 is 0 Å². The first-order valence-electron chi connectivity index (χ1n) is 16.5. The molecule has 230 valence electrons. The van der Waals surface area contributed by atoms with Crippen molar-refractivity contribution in [2.45, 2.75) is 26.2 Å². The van der Waals surface area contributed by atoms with Crippen molar-refractivity contribution in [1.29, 1.82) is 0 Å². The number of hydrogen-bond acceptors (Lipinski definition) is 3. The van der Waals surface area contributed by atoms with Gasteiger partial charge in [-0.05, 0) is 77.1 Å². The van der Waals surface area contributed by atoms with Crippen LogP contribution in [0.15, 0.2) is 158 Å². The smallest absolute Gasteiger partial charge is 0.164 e. The average Bonchev–Trinajstić information content (AvgIpc) is 3.17. The Hall–Kier alpha value is -6.11. The standard InChI is InChI=1S/C45H35N3/c1-2-3-10-33-15-17-34(18-16-33)19-20-35-21-23-40(24-22-35)43-46-44(41-29-25-38(26-30-41)36-11-6-4-7-12-36)48-45(47-43)42-31-27-39(28-32-42)37-13-8-5-9-14-37/h4-9,11-18,21-32H,2-3,10H2,1H3. The van der Waals surface area contributed by atoms with Gasteiger partial charge >= 0.3 is 0 Å². The third-order valence-electron chi connectivity index (χ3n) is 8.40. The molecule has 1 aromatic heterocycles. The van der Waals surface area contributed by atoms with Crippen LogP contribution in [0.1, 0.15) is 36.5 Å². The molecule has 0 atom stereocenters. The Kier molecular flexibility index (Phi) is 9.25. The number of hydrogen-bond donors (Lipinski definition) is 0. The molecule has 0 N–H and O–H groups in total. The third kappa shape index (κ3) is 7.30. The second-order valence-corrected chi connectivity index (χ2v) is 11.8. The molecule has 0 amide bonds. The van der Waals surface area contributed by atoms with E-state index in [1.807, 2.05) is 36.4 Å². The van der Waals surface area contributed by atoms with Crippen molar-refractivity contribution in [2.24, 2.45) is 0 Å². The van der Waals surface area contributed by atoms with Gasteiger partial charge in [-0.25, -0.2) is 15.0 Å². The zero-order chi connectivity index (χ0) is 32.5. The second-order valence-electron chi connectivity index (χ2n) is 11.8. The Bertz CT molecular complexity index is 2060. The molecule has 1 heterocycles. The SMILES string of the molecule is CCCCc1ccc(C#Cc2ccc(-c3nc(-c4ccc(-c5ccccc5)cc4)nc(-c4ccc(-c5ccccc5)cc4)n3)cc2)cc1. The summed E-state index contributed by atoms with van der Waals surface area (Å²) in [6.45, 7) is 2.22. The van der Waals surface area contributed by atoms with E-state index in [1.165, 1.54) is 29.5 Å². The van der Waals surface area contributed by atoms with Gasteiger partial charge in [0.1, 0.15) is 0 Å². The monoisotopic (exact) mass is 617 g/mol. The first-order chi connectivity index (χ1) is 23.7. The number of nitrogens with zero attached hydrogens (tertiary/aromatic N) is 3. The van der Waals surface area contributed by atoms with Gasteiger partial charge in [-0.15, -0.1) is 0 Å². The molecule has 0 aliphatic carbocycles. The first-order valence-corrected chi connectivity index (χ1v) is 16.5. The van der Waals surface area contributed by atoms with Crippen LogP contribution in [-0.4, -0.2) is 15.0 Å². The number of unbranched alkanes of at least 4 members (excludes halogenated alkanes) is 1. The predicted molar refractivity (Wildman–Crippen MR) is 198 cm³/mol. The zero-order valence-electron chi connectivity index (χ0n) is 27.0. The molecule has 0 bridgehead atoms. The van der Waals surface area contributed by atoms with Crippen LogP contribution < -0.4 is 0 Å². The van der Waals surface area contributed by atoms with Crippen molar-refractivity contribution in [3.63, 3.8) is 0 Å². The average molecular weight is 618 g/mol. The molecule has 0 radical (unpaired) electrons. The minimum atomic E-state index is 0.622. The van der Waals surface area contributed by atoms with Crippen molar-refractivity contribution in [2.75, 3.05) is 0 Å². The quantitative estimate of drug-likeness (QED) is 0.159. The summed E-state index contributed by atoms with van der Waals surface area (Å²) < 4.78 is 0. The van der Waals surface area contributed by atoms with Gasteiger partial charge in [-0.1, -0.05) is 147 Å². The Morgan fingerprint density at radius 3 is 1.10 bits per heavy atom. The van der Waals surface area contributed by atoms with E-state index in [1.54, 1.807) is 0 Å². The third-order valence-corrected chi connectivity index (χ3v) is 8.40. The van der Waals surface area contributed by atoms with Crippen LogP contribution in [-0.2, 0) is 6.42 Å². The maximum atomic E-state index is 4.96. The second kappa shape index (κ2) is 14.5. The molecule has 7 rings (SSSR count). The van der Waals surface area contributed by atoms with Crippen molar-refractivity contribution < 1.29 is 0 Å². The molecule has 3 heteroatoms. The molecule has 48 heavy (non-hydrogen) atoms. The Labute approximate surface area is 283 Å². The topological polar surface area (TPSA) is 38.7 Å². The summed E-state index contributed by atoms with van der Waals surface area (Å²) >= 11 is 0. The molecule has 0 aliphatic rings. The Morgan fingerprint density at radius 1 is 0.375 bits per heavy atom. The van der Waals surface area contributed by atoms with Crippen LogP contribution in [0.25, 0.3) is 56.4 Å². The van der Waals surface area contributed by atoms with Crippen LogP contribution in [0, 0.1) is 11.8 Å². The fourth-order valence-corrected chi connectivity index (χ4v) is 5.63. The number of aromatic nitrogens is 3. The van der Waals surface area contributed by atoms with E-state index in [4.69, 9.17) is 15.0 Å². The summed E-state index contributed by atoms with van der Waals surface area (Å²) in [7, 11) is 0. The van der Waals surface area contributed by atoms with Crippen LogP contribution in [0.3, 0.4) is 0 Å². The summed E-state index contributed by atoms with van der Waals surface area (Å²) in [5.41, 5.74) is 10.7. The molecule has 0 fully saturated rings. The van der Waals surface area contributed by atoms with Gasteiger partial charge in [-0.2, -0.15) is 0 Å². The summed E-state index contributed by atoms with van der Waals surface area (Å²) in [6, 6.07) is 54.3. The first kappa shape index (κ1) is 30.5. The molecule has 6 aromatic carbocycles. The van der Waals surface area contributed by atoms with Gasteiger partial charge in [0.25, 0.3) is 0 Å². The van der Waals surface area contributed by atoms with Gasteiger partial charge in [0.05, 0.1) is 0 Å². The largest absolute Gasteiger partial charge is 0.208 e. The molecule has 0 aliphatic heterocycles. The van der Waals surface area contributed by atoms with Crippen molar-refractivity contribution in [1.82, 2.24) is 15.0 Å². The fraction of sp³-hybridized carbons (Fsp3) is 0.0889. The minimum absolute atomic E-state index is 0.622. The van der Waals surface area contributed by atoms with Crippen LogP contribution >= 0.6 is 0 Å². The van der Waals surface area contributed by atoms with Gasteiger partial charge in [0.15, 0.2) is 17.5 Å². The highest BCUT2D eigenvalue weighted by molar-refractivity contribution is 5.72. The lowest BCUT2D eigenvalue weighted by Crippen LogP contribution is -2.00. The highest BCUT2D eigenvalue weighted by Crippen LogP contribution is 2.28. The van der Waals surface area contributed by atoms with E-state index in [0.717, 1.165) is 45.4 Å². The highest BCUT2D eigenvalue weighted by Gasteiger charge is 2.13. The maximum absolute atomic E-state index is 4.96. The lowest BCUT2D eigenvalue weighted by atomic mass is 10.0. The summed E-state index contributed by atoms with van der Waals surface area (Å²) in [4.78, 5) is 14.9. The summed E-state index contributed by atoms with van der Waals surface area (Å²) in [5.74, 6) is 8.50. The predicted octanol–water partition coefficient (Wildman–Crippen LogP) is 10.9. The summed E-state index contributed by atoms with van der Waals surface area (Å²) in [5, 5.41) is 0. The molecule has 7 aromatic rings. The lowest BCUT2D eigenvalue weighted by molar-refractivity contribution is 0.795. The minimum Gasteiger partial charge on any atom is -0.208 e. The maximum Gasteiger partial charge on any atom is 0.164 e. The van der Waals surface area contributed by atoms with Gasteiger partial charge in [0, 0.05) is 27.8 Å². The Morgan fingerprint density at radius 2 is 0.708 bits per heavy atom. The molecule has 0 saturated heterocycles. The van der Waals surface area contributed by atoms with Gasteiger partial charge in [-0.3, -0.25) is 0 Å². The van der Waals surface area contributed by atoms with E-state index in [-0.39, 0.29) is 0 Å². The molecule has 0 spiro atoms. The fourth-order valence-electron chi connectivity index (χ4n) is 5.63. The number of rotatable bonds is 8. The van der Waals surface area contributed by atoms with Crippen LogP contribution in [0.5, 0.6) is 0 Å². The van der Waals surface area contributed by atoms with E-state index < -0.39 is 0 Å². The van der Waals surface area contributed by atoms with E-state index in [9.17, 15) is 0 Å². The van der Waals surface area contributed by atoms with Crippen LogP contribution in [0.4, 0.5) is 0 Å². The molecule has 3 nitrogen and oxygen atoms in total. The van der Waals surface area contributed by atoms with Gasteiger partial charge in [0.2, 0.25) is 0 Å². The molecule has 0 saturated carbocycles. The van der Waals surface area contributed by atoms with E-state index in [0.29, 0.717) is 17.5 Å². The number of aryl methyl sites for hydroxylation is 1. The lowest BCUT2D eigenvalue weighted by Gasteiger charge is -2.10. The normalized spacial score (nSPS) is 10.7. The van der Waals surface area contributed by atoms with E-state index >= 15 is 0 Å². The van der Waals surface area contributed by atoms with Crippen molar-refractivity contribution in [3.8, 4) is 68.3 Å². The molecule has 0 unspecified atom stereocenters. The highest BCUT2D eigenvalue weighted by atomic mass is 15.0. The summed E-state index contributed by atoms with van der Waals surface area (Å²) in [6.07, 6.45) is 3.53. The van der Waals surface area contributed by atoms with E-state index in [2.05, 4.69) is 140 Å². The molecular weight excluding hydrogens is 583 g/mol. The van der Waals surface area contributed by atoms with Crippen molar-refractivity contribution in [3.05, 3.63) is 174 Å². The molecular formula is C45H35N3. The Balaban J connectivity index is 1.20. The zero-order valence-corrected chi connectivity index (χ0v) is 27.0.